The summed E-state index contributed by atoms with van der Waals surface area (Å²) in [5, 5.41) is 0. The quantitative estimate of drug-likeness (QED) is 0.600. The van der Waals surface area contributed by atoms with Crippen LogP contribution in [0.5, 0.6) is 0 Å². The zero-order valence-electron chi connectivity index (χ0n) is 6.03. The minimum absolute atomic E-state index is 0.0344. The molecule has 1 aromatic heterocycles. The number of hydrogen-bond acceptors (Lipinski definition) is 4. The van der Waals surface area contributed by atoms with Gasteiger partial charge in [-0.25, -0.2) is 4.79 Å². The number of hydrogen-bond donors (Lipinski definition) is 1. The van der Waals surface area contributed by atoms with Crippen molar-refractivity contribution in [2.75, 3.05) is 5.73 Å². The number of nitrogen functional groups attached to an aromatic ring is 1. The number of rotatable bonds is 2. The Morgan fingerprint density at radius 3 is 2.92 bits per heavy atom. The molecule has 0 unspecified atom stereocenters. The highest BCUT2D eigenvalue weighted by atomic mass is 127. The van der Waals surface area contributed by atoms with E-state index in [1.807, 2.05) is 0 Å². The van der Waals surface area contributed by atoms with E-state index in [-0.39, 0.29) is 16.2 Å². The van der Waals surface area contributed by atoms with Gasteiger partial charge in [0, 0.05) is 28.8 Å². The molecule has 0 spiro atoms. The summed E-state index contributed by atoms with van der Waals surface area (Å²) in [7, 11) is 0. The standard InChI is InChI=1S/C6H6IN3O2/c7-4(11)3-10-2-1-5(8)9-6(10)12/h1-2H,3H2,(H2,8,9,12). The van der Waals surface area contributed by atoms with Gasteiger partial charge < -0.3 is 5.73 Å². The topological polar surface area (TPSA) is 78.0 Å². The Bertz CT molecular complexity index is 360. The Balaban J connectivity index is 3.02. The summed E-state index contributed by atoms with van der Waals surface area (Å²) in [6, 6.07) is 1.47. The highest BCUT2D eigenvalue weighted by molar-refractivity contribution is 14.1. The Kier molecular flexibility index (Phi) is 2.79. The van der Waals surface area contributed by atoms with Crippen LogP contribution < -0.4 is 11.4 Å². The summed E-state index contributed by atoms with van der Waals surface area (Å²) < 4.78 is 1.08. The summed E-state index contributed by atoms with van der Waals surface area (Å²) in [6.45, 7) is 0.0344. The largest absolute Gasteiger partial charge is 0.383 e. The molecule has 0 aliphatic carbocycles. The van der Waals surface area contributed by atoms with Crippen LogP contribution in [0.2, 0.25) is 0 Å². The molecule has 0 amide bonds. The van der Waals surface area contributed by atoms with Crippen molar-refractivity contribution in [2.45, 2.75) is 6.54 Å². The number of anilines is 1. The number of nitrogens with zero attached hydrogens (tertiary/aromatic N) is 2. The molecule has 0 bridgehead atoms. The van der Waals surface area contributed by atoms with E-state index in [2.05, 4.69) is 4.98 Å². The van der Waals surface area contributed by atoms with Gasteiger partial charge in [0.1, 0.15) is 5.82 Å². The molecular formula is C6H6IN3O2. The maximum Gasteiger partial charge on any atom is 0.349 e. The molecule has 5 nitrogen and oxygen atoms in total. The molecule has 0 fully saturated rings. The lowest BCUT2D eigenvalue weighted by atomic mass is 10.5. The van der Waals surface area contributed by atoms with E-state index in [0.717, 1.165) is 0 Å². The predicted molar refractivity (Wildman–Crippen MR) is 51.9 cm³/mol. The molecule has 2 N–H and O–H groups in total. The van der Waals surface area contributed by atoms with Crippen LogP contribution in [0.3, 0.4) is 0 Å². The van der Waals surface area contributed by atoms with Crippen LogP contribution in [-0.2, 0) is 11.3 Å². The maximum atomic E-state index is 11.0. The number of aromatic nitrogens is 2. The summed E-state index contributed by atoms with van der Waals surface area (Å²) in [6.07, 6.45) is 1.45. The van der Waals surface area contributed by atoms with Gasteiger partial charge >= 0.3 is 5.69 Å². The summed E-state index contributed by atoms with van der Waals surface area (Å²) in [5.41, 5.74) is 4.75. The van der Waals surface area contributed by atoms with Gasteiger partial charge in [0.05, 0.1) is 6.54 Å². The summed E-state index contributed by atoms with van der Waals surface area (Å²) in [4.78, 5) is 25.1. The normalized spacial score (nSPS) is 9.75. The molecule has 6 heteroatoms. The number of carbonyl (C=O) groups excluding carboxylic acids is 1. The molecule has 64 valence electrons. The lowest BCUT2D eigenvalue weighted by Gasteiger charge is -1.99. The molecule has 0 radical (unpaired) electrons. The molecule has 1 rings (SSSR count). The van der Waals surface area contributed by atoms with Crippen molar-refractivity contribution < 1.29 is 4.79 Å². The van der Waals surface area contributed by atoms with Crippen LogP contribution in [-0.4, -0.2) is 13.3 Å². The van der Waals surface area contributed by atoms with Gasteiger partial charge in [-0.2, -0.15) is 4.98 Å². The Morgan fingerprint density at radius 2 is 2.42 bits per heavy atom. The molecule has 12 heavy (non-hydrogen) atoms. The molecule has 0 aliphatic heterocycles. The first kappa shape index (κ1) is 9.17. The van der Waals surface area contributed by atoms with Crippen molar-refractivity contribution in [3.8, 4) is 0 Å². The maximum absolute atomic E-state index is 11.0. The van der Waals surface area contributed by atoms with Crippen LogP contribution >= 0.6 is 22.6 Å². The van der Waals surface area contributed by atoms with Crippen LogP contribution in [0, 0.1) is 0 Å². The first-order valence-electron chi connectivity index (χ1n) is 3.11. The van der Waals surface area contributed by atoms with Crippen molar-refractivity contribution in [1.82, 2.24) is 9.55 Å². The summed E-state index contributed by atoms with van der Waals surface area (Å²) >= 11 is 1.61. The van der Waals surface area contributed by atoms with Gasteiger partial charge in [-0.05, 0) is 6.07 Å². The lowest BCUT2D eigenvalue weighted by molar-refractivity contribution is -0.110. The minimum Gasteiger partial charge on any atom is -0.383 e. The lowest BCUT2D eigenvalue weighted by Crippen LogP contribution is -2.24. The SMILES string of the molecule is Nc1ccn(CC(=O)I)c(=O)n1. The van der Waals surface area contributed by atoms with Crippen molar-refractivity contribution in [1.29, 1.82) is 0 Å². The van der Waals surface area contributed by atoms with E-state index < -0.39 is 5.69 Å². The zero-order valence-corrected chi connectivity index (χ0v) is 8.19. The molecule has 0 saturated carbocycles. The number of nitrogens with two attached hydrogens (primary N) is 1. The van der Waals surface area contributed by atoms with Crippen molar-refractivity contribution in [3.05, 3.63) is 22.7 Å². The molecule has 0 atom stereocenters. The molecular weight excluding hydrogens is 273 g/mol. The van der Waals surface area contributed by atoms with Crippen molar-refractivity contribution in [2.24, 2.45) is 0 Å². The average molecular weight is 279 g/mol. The van der Waals surface area contributed by atoms with Crippen molar-refractivity contribution >= 4 is 32.2 Å². The van der Waals surface area contributed by atoms with E-state index in [9.17, 15) is 9.59 Å². The van der Waals surface area contributed by atoms with Gasteiger partial charge in [-0.15, -0.1) is 0 Å². The van der Waals surface area contributed by atoms with E-state index in [4.69, 9.17) is 5.73 Å². The third kappa shape index (κ3) is 2.29. The molecule has 1 aromatic rings. The van der Waals surface area contributed by atoms with Gasteiger partial charge in [0.2, 0.25) is 3.79 Å². The fourth-order valence-electron chi connectivity index (χ4n) is 0.696. The predicted octanol–water partition coefficient (Wildman–Crippen LogP) is -0.213. The fourth-order valence-corrected chi connectivity index (χ4v) is 1.06. The molecule has 0 aliphatic rings. The smallest absolute Gasteiger partial charge is 0.349 e. The van der Waals surface area contributed by atoms with Gasteiger partial charge in [0.25, 0.3) is 0 Å². The highest BCUT2D eigenvalue weighted by Gasteiger charge is 2.00. The van der Waals surface area contributed by atoms with E-state index in [0.29, 0.717) is 0 Å². The van der Waals surface area contributed by atoms with E-state index in [1.165, 1.54) is 16.8 Å². The zero-order chi connectivity index (χ0) is 9.14. The third-order valence-electron chi connectivity index (χ3n) is 1.19. The van der Waals surface area contributed by atoms with Crippen LogP contribution in [0.15, 0.2) is 17.1 Å². The van der Waals surface area contributed by atoms with Crippen LogP contribution in [0.1, 0.15) is 0 Å². The number of halogens is 1. The second-order valence-electron chi connectivity index (χ2n) is 2.12. The third-order valence-corrected chi connectivity index (χ3v) is 1.53. The van der Waals surface area contributed by atoms with Crippen LogP contribution in [0.4, 0.5) is 5.82 Å². The average Bonchev–Trinajstić information content (AvgIpc) is 1.94. The Hall–Kier alpha value is -0.920. The second-order valence-corrected chi connectivity index (χ2v) is 3.32. The minimum atomic E-state index is -0.500. The summed E-state index contributed by atoms with van der Waals surface area (Å²) in [5.74, 6) is 0.164. The van der Waals surface area contributed by atoms with E-state index in [1.54, 1.807) is 22.6 Å². The highest BCUT2D eigenvalue weighted by Crippen LogP contribution is 1.92. The monoisotopic (exact) mass is 279 g/mol. The fraction of sp³-hybridized carbons (Fsp3) is 0.167. The van der Waals surface area contributed by atoms with Crippen molar-refractivity contribution in [3.63, 3.8) is 0 Å². The second kappa shape index (κ2) is 3.65. The van der Waals surface area contributed by atoms with Crippen LogP contribution in [0.25, 0.3) is 0 Å². The van der Waals surface area contributed by atoms with Gasteiger partial charge in [-0.3, -0.25) is 9.36 Å². The first-order chi connectivity index (χ1) is 5.59. The number of carbonyl (C=O) groups is 1. The molecule has 0 saturated heterocycles. The molecule has 1 heterocycles. The Morgan fingerprint density at radius 1 is 1.75 bits per heavy atom. The van der Waals surface area contributed by atoms with Gasteiger partial charge in [-0.1, -0.05) is 0 Å². The molecule has 0 aromatic carbocycles. The first-order valence-corrected chi connectivity index (χ1v) is 4.19. The Labute approximate surface area is 81.7 Å². The van der Waals surface area contributed by atoms with E-state index >= 15 is 0 Å². The van der Waals surface area contributed by atoms with Gasteiger partial charge in [0.15, 0.2) is 0 Å².